The van der Waals surface area contributed by atoms with Gasteiger partial charge in [0.15, 0.2) is 5.13 Å². The Bertz CT molecular complexity index is 404. The van der Waals surface area contributed by atoms with E-state index < -0.39 is 0 Å². The summed E-state index contributed by atoms with van der Waals surface area (Å²) in [4.78, 5) is 8.56. The molecule has 0 radical (unpaired) electrons. The van der Waals surface area contributed by atoms with Crippen molar-refractivity contribution in [1.82, 2.24) is 10.3 Å². The number of hydrogen-bond acceptors (Lipinski definition) is 5. The van der Waals surface area contributed by atoms with Crippen molar-refractivity contribution in [3.63, 3.8) is 0 Å². The van der Waals surface area contributed by atoms with Crippen LogP contribution in [-0.4, -0.2) is 37.3 Å². The van der Waals surface area contributed by atoms with Gasteiger partial charge < -0.3 is 15.0 Å². The van der Waals surface area contributed by atoms with Crippen LogP contribution in [0.25, 0.3) is 0 Å². The summed E-state index contributed by atoms with van der Waals surface area (Å²) >= 11 is 1.82. The van der Waals surface area contributed by atoms with E-state index in [4.69, 9.17) is 9.72 Å². The first-order chi connectivity index (χ1) is 9.99. The van der Waals surface area contributed by atoms with E-state index in [-0.39, 0.29) is 0 Å². The summed E-state index contributed by atoms with van der Waals surface area (Å²) in [6, 6.07) is 0.496. The van der Waals surface area contributed by atoms with Crippen LogP contribution in [-0.2, 0) is 11.3 Å². The molecule has 0 spiro atoms. The first-order valence-electron chi connectivity index (χ1n) is 8.05. The topological polar surface area (TPSA) is 37.4 Å². The molecule has 1 aromatic rings. The number of thiazole rings is 1. The van der Waals surface area contributed by atoms with E-state index in [9.17, 15) is 0 Å². The van der Waals surface area contributed by atoms with Gasteiger partial charge in [0.2, 0.25) is 0 Å². The van der Waals surface area contributed by atoms with Crippen LogP contribution in [0.1, 0.15) is 58.0 Å². The van der Waals surface area contributed by atoms with Crippen molar-refractivity contribution in [3.05, 3.63) is 10.6 Å². The van der Waals surface area contributed by atoms with E-state index in [1.54, 1.807) is 0 Å². The van der Waals surface area contributed by atoms with Gasteiger partial charge in [0.05, 0.1) is 12.3 Å². The Hall–Kier alpha value is -0.650. The number of ether oxygens (including phenoxy) is 1. The second-order valence-electron chi connectivity index (χ2n) is 5.77. The molecule has 4 nitrogen and oxygen atoms in total. The average Bonchev–Trinajstić information content (AvgIpc) is 2.85. The first-order valence-corrected chi connectivity index (χ1v) is 8.86. The molecule has 1 rings (SSSR count). The lowest BCUT2D eigenvalue weighted by Crippen LogP contribution is -2.27. The monoisotopic (exact) mass is 313 g/mol. The first kappa shape index (κ1) is 18.4. The number of aromatic nitrogens is 1. The summed E-state index contributed by atoms with van der Waals surface area (Å²) in [6.07, 6.45) is 0. The van der Waals surface area contributed by atoms with Crippen LogP contribution < -0.4 is 10.2 Å². The SMILES string of the molecule is CCOCCN(CC)c1nc(C(C)C)c(CNC(C)C)s1. The number of nitrogens with one attached hydrogen (secondary N) is 1. The minimum atomic E-state index is 0.463. The Balaban J connectivity index is 2.83. The number of likely N-dealkylation sites (N-methyl/N-ethyl adjacent to an activating group) is 1. The van der Waals surface area contributed by atoms with E-state index in [1.165, 1.54) is 10.6 Å². The molecule has 0 saturated carbocycles. The van der Waals surface area contributed by atoms with Gasteiger partial charge in [-0.05, 0) is 19.8 Å². The highest BCUT2D eigenvalue weighted by Gasteiger charge is 2.17. The van der Waals surface area contributed by atoms with Crippen LogP contribution in [0.15, 0.2) is 0 Å². The molecular weight excluding hydrogens is 282 g/mol. The lowest BCUT2D eigenvalue weighted by molar-refractivity contribution is 0.154. The molecule has 1 aromatic heterocycles. The smallest absolute Gasteiger partial charge is 0.185 e. The molecule has 0 unspecified atom stereocenters. The Morgan fingerprint density at radius 1 is 1.24 bits per heavy atom. The van der Waals surface area contributed by atoms with Gasteiger partial charge in [0, 0.05) is 37.2 Å². The van der Waals surface area contributed by atoms with Crippen LogP contribution in [0.3, 0.4) is 0 Å². The number of anilines is 1. The zero-order valence-corrected chi connectivity index (χ0v) is 15.2. The molecule has 0 saturated heterocycles. The van der Waals surface area contributed by atoms with Crippen molar-refractivity contribution in [2.45, 2.75) is 60.0 Å². The van der Waals surface area contributed by atoms with Gasteiger partial charge in [0.1, 0.15) is 0 Å². The summed E-state index contributed by atoms with van der Waals surface area (Å²) in [5.74, 6) is 0.463. The van der Waals surface area contributed by atoms with Crippen LogP contribution in [0.2, 0.25) is 0 Å². The molecular formula is C16H31N3OS. The lowest BCUT2D eigenvalue weighted by Gasteiger charge is -2.19. The normalized spacial score (nSPS) is 11.6. The van der Waals surface area contributed by atoms with Crippen LogP contribution in [0.5, 0.6) is 0 Å². The minimum Gasteiger partial charge on any atom is -0.380 e. The molecule has 21 heavy (non-hydrogen) atoms. The summed E-state index contributed by atoms with van der Waals surface area (Å²) in [6.45, 7) is 17.3. The van der Waals surface area contributed by atoms with E-state index in [2.05, 4.69) is 44.8 Å². The number of nitrogens with zero attached hydrogens (tertiary/aromatic N) is 2. The Kier molecular flexibility index (Phi) is 8.22. The predicted octanol–water partition coefficient (Wildman–Crippen LogP) is 3.63. The molecule has 0 bridgehead atoms. The Labute approximate surface area is 133 Å². The van der Waals surface area contributed by atoms with Gasteiger partial charge in [-0.1, -0.05) is 27.7 Å². The highest BCUT2D eigenvalue weighted by atomic mass is 32.1. The number of hydrogen-bond donors (Lipinski definition) is 1. The molecule has 1 N–H and O–H groups in total. The second kappa shape index (κ2) is 9.38. The standard InChI is InChI=1S/C16H31N3OS/c1-7-19(9-10-20-8-2)16-18-15(12(3)4)14(21-16)11-17-13(5)6/h12-13,17H,7-11H2,1-6H3. The summed E-state index contributed by atoms with van der Waals surface area (Å²) < 4.78 is 5.47. The van der Waals surface area contributed by atoms with Gasteiger partial charge in [-0.3, -0.25) is 0 Å². The van der Waals surface area contributed by atoms with Gasteiger partial charge in [-0.25, -0.2) is 4.98 Å². The Morgan fingerprint density at radius 2 is 1.95 bits per heavy atom. The molecule has 1 heterocycles. The maximum absolute atomic E-state index is 5.47. The van der Waals surface area contributed by atoms with Crippen molar-refractivity contribution in [3.8, 4) is 0 Å². The quantitative estimate of drug-likeness (QED) is 0.669. The third-order valence-corrected chi connectivity index (χ3v) is 4.43. The van der Waals surface area contributed by atoms with Gasteiger partial charge in [-0.2, -0.15) is 0 Å². The number of rotatable bonds is 10. The maximum atomic E-state index is 5.47. The van der Waals surface area contributed by atoms with Crippen molar-refractivity contribution < 1.29 is 4.74 Å². The maximum Gasteiger partial charge on any atom is 0.185 e. The van der Waals surface area contributed by atoms with Crippen LogP contribution >= 0.6 is 11.3 Å². The summed E-state index contributed by atoms with van der Waals surface area (Å²) in [7, 11) is 0. The fraction of sp³-hybridized carbons (Fsp3) is 0.812. The summed E-state index contributed by atoms with van der Waals surface area (Å²) in [5, 5.41) is 4.63. The van der Waals surface area contributed by atoms with Crippen molar-refractivity contribution in [2.24, 2.45) is 0 Å². The molecule has 122 valence electrons. The third kappa shape index (κ3) is 5.93. The van der Waals surface area contributed by atoms with Gasteiger partial charge in [0.25, 0.3) is 0 Å². The van der Waals surface area contributed by atoms with Crippen molar-refractivity contribution in [2.75, 3.05) is 31.2 Å². The molecule has 5 heteroatoms. The molecule has 0 atom stereocenters. The zero-order valence-electron chi connectivity index (χ0n) is 14.4. The third-order valence-electron chi connectivity index (χ3n) is 3.30. The van der Waals surface area contributed by atoms with Crippen LogP contribution in [0.4, 0.5) is 5.13 Å². The molecule has 0 aromatic carbocycles. The van der Waals surface area contributed by atoms with Gasteiger partial charge in [-0.15, -0.1) is 11.3 Å². The van der Waals surface area contributed by atoms with Crippen molar-refractivity contribution >= 4 is 16.5 Å². The lowest BCUT2D eigenvalue weighted by atomic mass is 10.1. The molecule has 0 amide bonds. The average molecular weight is 314 g/mol. The highest BCUT2D eigenvalue weighted by molar-refractivity contribution is 7.15. The second-order valence-corrected chi connectivity index (χ2v) is 6.83. The van der Waals surface area contributed by atoms with E-state index in [1.807, 2.05) is 18.3 Å². The Morgan fingerprint density at radius 3 is 2.48 bits per heavy atom. The van der Waals surface area contributed by atoms with E-state index in [0.717, 1.165) is 38.0 Å². The molecule has 0 aliphatic heterocycles. The van der Waals surface area contributed by atoms with E-state index in [0.29, 0.717) is 12.0 Å². The van der Waals surface area contributed by atoms with Crippen molar-refractivity contribution in [1.29, 1.82) is 0 Å². The minimum absolute atomic E-state index is 0.463. The zero-order chi connectivity index (χ0) is 15.8. The molecule has 0 aliphatic rings. The van der Waals surface area contributed by atoms with Crippen LogP contribution in [0, 0.1) is 0 Å². The fourth-order valence-corrected chi connectivity index (χ4v) is 3.32. The predicted molar refractivity (Wildman–Crippen MR) is 92.6 cm³/mol. The highest BCUT2D eigenvalue weighted by Crippen LogP contribution is 2.30. The molecule has 0 aliphatic carbocycles. The fourth-order valence-electron chi connectivity index (χ4n) is 2.07. The van der Waals surface area contributed by atoms with Gasteiger partial charge >= 0.3 is 0 Å². The molecule has 0 fully saturated rings. The summed E-state index contributed by atoms with van der Waals surface area (Å²) in [5.41, 5.74) is 1.23. The van der Waals surface area contributed by atoms with E-state index >= 15 is 0 Å². The largest absolute Gasteiger partial charge is 0.380 e.